The molecule has 0 saturated carbocycles. The normalized spacial score (nSPS) is 13.3. The fraction of sp³-hybridized carbons (Fsp3) is 0.571. The van der Waals surface area contributed by atoms with Crippen molar-refractivity contribution in [3.05, 3.63) is 35.9 Å². The predicted molar refractivity (Wildman–Crippen MR) is 69.6 cm³/mol. The van der Waals surface area contributed by atoms with Gasteiger partial charge in [-0.25, -0.2) is 0 Å². The zero-order valence-corrected chi connectivity index (χ0v) is 10.7. The highest BCUT2D eigenvalue weighted by atomic mass is 16.3. The van der Waals surface area contributed by atoms with Crippen LogP contribution in [0, 0.1) is 5.92 Å². The van der Waals surface area contributed by atoms with Gasteiger partial charge in [-0.2, -0.15) is 0 Å². The zero-order valence-electron chi connectivity index (χ0n) is 10.7. The van der Waals surface area contributed by atoms with Crippen molar-refractivity contribution in [3.63, 3.8) is 0 Å². The summed E-state index contributed by atoms with van der Waals surface area (Å²) in [6, 6.07) is 10.2. The van der Waals surface area contributed by atoms with Crippen LogP contribution in [0.15, 0.2) is 30.3 Å². The number of benzene rings is 1. The highest BCUT2D eigenvalue weighted by molar-refractivity contribution is 5.14. The molecule has 0 spiro atoms. The molecule has 17 heavy (non-hydrogen) atoms. The maximum Gasteiger partial charge on any atom is 0.0589 e. The van der Waals surface area contributed by atoms with E-state index in [-0.39, 0.29) is 19.3 Å². The summed E-state index contributed by atoms with van der Waals surface area (Å²) in [5, 5.41) is 18.6. The van der Waals surface area contributed by atoms with Crippen LogP contribution in [-0.2, 0) is 6.54 Å². The first kappa shape index (κ1) is 14.2. The zero-order chi connectivity index (χ0) is 12.7. The van der Waals surface area contributed by atoms with E-state index < -0.39 is 0 Å². The Morgan fingerprint density at radius 2 is 1.76 bits per heavy atom. The molecule has 0 heterocycles. The van der Waals surface area contributed by atoms with Crippen LogP contribution in [-0.4, -0.2) is 40.9 Å². The summed E-state index contributed by atoms with van der Waals surface area (Å²) in [6.45, 7) is 5.80. The van der Waals surface area contributed by atoms with Gasteiger partial charge in [0.1, 0.15) is 0 Å². The highest BCUT2D eigenvalue weighted by Gasteiger charge is 2.20. The molecule has 0 aliphatic carbocycles. The average molecular weight is 237 g/mol. The van der Waals surface area contributed by atoms with Crippen molar-refractivity contribution in [1.82, 2.24) is 4.90 Å². The third-order valence-electron chi connectivity index (χ3n) is 3.04. The molecule has 0 aromatic heterocycles. The lowest BCUT2D eigenvalue weighted by Gasteiger charge is -2.32. The van der Waals surface area contributed by atoms with Crippen LogP contribution in [0.2, 0.25) is 0 Å². The Kier molecular flexibility index (Phi) is 6.19. The monoisotopic (exact) mass is 237 g/mol. The number of nitrogens with zero attached hydrogens (tertiary/aromatic N) is 1. The maximum absolute atomic E-state index is 9.45. The summed E-state index contributed by atoms with van der Waals surface area (Å²) in [5.41, 5.74) is 1.21. The largest absolute Gasteiger partial charge is 0.395 e. The maximum atomic E-state index is 9.45. The Morgan fingerprint density at radius 1 is 1.12 bits per heavy atom. The second kappa shape index (κ2) is 7.43. The number of rotatable bonds is 7. The van der Waals surface area contributed by atoms with Crippen LogP contribution >= 0.6 is 0 Å². The van der Waals surface area contributed by atoms with E-state index in [9.17, 15) is 5.11 Å². The lowest BCUT2D eigenvalue weighted by molar-refractivity contribution is 0.0688. The number of hydrogen-bond donors (Lipinski definition) is 2. The van der Waals surface area contributed by atoms with Crippen LogP contribution < -0.4 is 0 Å². The minimum absolute atomic E-state index is 0.0994. The van der Waals surface area contributed by atoms with E-state index in [0.717, 1.165) is 6.54 Å². The summed E-state index contributed by atoms with van der Waals surface area (Å²) in [7, 11) is 0. The molecule has 3 heteroatoms. The van der Waals surface area contributed by atoms with Crippen molar-refractivity contribution in [1.29, 1.82) is 0 Å². The van der Waals surface area contributed by atoms with Gasteiger partial charge in [0.05, 0.1) is 13.2 Å². The van der Waals surface area contributed by atoms with E-state index in [0.29, 0.717) is 12.5 Å². The third kappa shape index (κ3) is 4.46. The number of hydrogen-bond acceptors (Lipinski definition) is 3. The van der Waals surface area contributed by atoms with Gasteiger partial charge < -0.3 is 10.2 Å². The van der Waals surface area contributed by atoms with Crippen LogP contribution in [0.25, 0.3) is 0 Å². The molecule has 0 bridgehead atoms. The van der Waals surface area contributed by atoms with Crippen LogP contribution in [0.3, 0.4) is 0 Å². The van der Waals surface area contributed by atoms with Crippen molar-refractivity contribution in [3.8, 4) is 0 Å². The molecule has 0 saturated heterocycles. The van der Waals surface area contributed by atoms with Gasteiger partial charge >= 0.3 is 0 Å². The lowest BCUT2D eigenvalue weighted by atomic mass is 10.0. The molecule has 0 aliphatic heterocycles. The first-order valence-corrected chi connectivity index (χ1v) is 6.18. The third-order valence-corrected chi connectivity index (χ3v) is 3.04. The molecule has 0 unspecified atom stereocenters. The smallest absolute Gasteiger partial charge is 0.0589 e. The van der Waals surface area contributed by atoms with Gasteiger partial charge in [0.25, 0.3) is 0 Å². The first-order valence-electron chi connectivity index (χ1n) is 6.18. The van der Waals surface area contributed by atoms with E-state index in [1.165, 1.54) is 5.56 Å². The minimum Gasteiger partial charge on any atom is -0.395 e. The topological polar surface area (TPSA) is 43.7 Å². The SMILES string of the molecule is CC(C)[C@@H](CO)N(CCO)Cc1ccccc1. The van der Waals surface area contributed by atoms with E-state index in [1.54, 1.807) is 0 Å². The molecule has 1 atom stereocenters. The predicted octanol–water partition coefficient (Wildman–Crippen LogP) is 1.50. The van der Waals surface area contributed by atoms with E-state index in [1.807, 2.05) is 18.2 Å². The summed E-state index contributed by atoms with van der Waals surface area (Å²) in [6.07, 6.45) is 0. The molecule has 1 rings (SSSR count). The lowest BCUT2D eigenvalue weighted by Crippen LogP contribution is -2.42. The molecule has 2 N–H and O–H groups in total. The molecular formula is C14H23NO2. The molecule has 0 aliphatic rings. The summed E-state index contributed by atoms with van der Waals surface area (Å²) in [4.78, 5) is 2.14. The van der Waals surface area contributed by atoms with Gasteiger partial charge in [-0.15, -0.1) is 0 Å². The molecule has 0 fully saturated rings. The van der Waals surface area contributed by atoms with E-state index in [4.69, 9.17) is 5.11 Å². The van der Waals surface area contributed by atoms with Crippen LogP contribution in [0.4, 0.5) is 0 Å². The first-order chi connectivity index (χ1) is 8.19. The quantitative estimate of drug-likeness (QED) is 0.755. The fourth-order valence-electron chi connectivity index (χ4n) is 2.06. The molecular weight excluding hydrogens is 214 g/mol. The molecule has 1 aromatic carbocycles. The minimum atomic E-state index is 0.0994. The highest BCUT2D eigenvalue weighted by Crippen LogP contribution is 2.14. The summed E-state index contributed by atoms with van der Waals surface area (Å²) < 4.78 is 0. The van der Waals surface area contributed by atoms with Gasteiger partial charge in [-0.05, 0) is 11.5 Å². The van der Waals surface area contributed by atoms with Crippen molar-refractivity contribution < 1.29 is 10.2 Å². The van der Waals surface area contributed by atoms with E-state index >= 15 is 0 Å². The van der Waals surface area contributed by atoms with E-state index in [2.05, 4.69) is 30.9 Å². The molecule has 96 valence electrons. The van der Waals surface area contributed by atoms with Gasteiger partial charge in [-0.1, -0.05) is 44.2 Å². The van der Waals surface area contributed by atoms with Crippen molar-refractivity contribution >= 4 is 0 Å². The second-order valence-corrected chi connectivity index (χ2v) is 4.67. The van der Waals surface area contributed by atoms with Crippen molar-refractivity contribution in [2.75, 3.05) is 19.8 Å². The number of aliphatic hydroxyl groups is 2. The summed E-state index contributed by atoms with van der Waals surface area (Å²) in [5.74, 6) is 0.371. The Labute approximate surface area is 104 Å². The van der Waals surface area contributed by atoms with Gasteiger partial charge in [-0.3, -0.25) is 4.90 Å². The van der Waals surface area contributed by atoms with Crippen molar-refractivity contribution in [2.24, 2.45) is 5.92 Å². The standard InChI is InChI=1S/C14H23NO2/c1-12(2)14(11-17)15(8-9-16)10-13-6-4-3-5-7-13/h3-7,12,14,16-17H,8-11H2,1-2H3/t14-/m1/s1. The van der Waals surface area contributed by atoms with Gasteiger partial charge in [0.15, 0.2) is 0 Å². The molecule has 3 nitrogen and oxygen atoms in total. The van der Waals surface area contributed by atoms with Crippen LogP contribution in [0.1, 0.15) is 19.4 Å². The summed E-state index contributed by atoms with van der Waals surface area (Å²) >= 11 is 0. The Bertz CT molecular complexity index is 300. The van der Waals surface area contributed by atoms with Crippen LogP contribution in [0.5, 0.6) is 0 Å². The second-order valence-electron chi connectivity index (χ2n) is 4.67. The Hall–Kier alpha value is -0.900. The fourth-order valence-corrected chi connectivity index (χ4v) is 2.06. The molecule has 0 amide bonds. The van der Waals surface area contributed by atoms with Crippen molar-refractivity contribution in [2.45, 2.75) is 26.4 Å². The average Bonchev–Trinajstić information content (AvgIpc) is 2.31. The molecule has 1 aromatic rings. The molecule has 0 radical (unpaired) electrons. The Balaban J connectivity index is 2.71. The van der Waals surface area contributed by atoms with Gasteiger partial charge in [0.2, 0.25) is 0 Å². The Morgan fingerprint density at radius 3 is 2.24 bits per heavy atom. The number of aliphatic hydroxyl groups excluding tert-OH is 2. The van der Waals surface area contributed by atoms with Gasteiger partial charge in [0, 0.05) is 19.1 Å².